The number of carbonyl (C=O) groups excluding carboxylic acids is 1. The van der Waals surface area contributed by atoms with E-state index in [4.69, 9.17) is 14.6 Å². The van der Waals surface area contributed by atoms with Gasteiger partial charge in [-0.2, -0.15) is 0 Å². The van der Waals surface area contributed by atoms with Crippen LogP contribution in [0.1, 0.15) is 12.8 Å². The Balaban J connectivity index is 3.47. The summed E-state index contributed by atoms with van der Waals surface area (Å²) in [6, 6.07) is 0.462. The Bertz CT molecular complexity index is 174. The van der Waals surface area contributed by atoms with Crippen LogP contribution in [-0.4, -0.2) is 35.4 Å². The summed E-state index contributed by atoms with van der Waals surface area (Å²) < 4.78 is 10.6. The predicted octanol–water partition coefficient (Wildman–Crippen LogP) is 0.800. The van der Waals surface area contributed by atoms with Crippen molar-refractivity contribution in [2.75, 3.05) is 20.8 Å². The second-order valence-electron chi connectivity index (χ2n) is 3.29. The number of urea groups is 1. The van der Waals surface area contributed by atoms with Crippen LogP contribution in [0, 0.1) is 0 Å². The molecule has 0 unspecified atom stereocenters. The Labute approximate surface area is 86.2 Å². The zero-order chi connectivity index (χ0) is 11.0. The SMILES string of the molecule is CO[Si](C)(CCCCNC(N)=O)OC. The number of amides is 2. The minimum absolute atomic E-state index is 0.469. The molecule has 0 radical (unpaired) electrons. The molecule has 0 aliphatic rings. The van der Waals surface area contributed by atoms with Gasteiger partial charge in [0.2, 0.25) is 0 Å². The molecule has 2 amide bonds. The van der Waals surface area contributed by atoms with E-state index in [2.05, 4.69) is 5.32 Å². The average molecular weight is 220 g/mol. The summed E-state index contributed by atoms with van der Waals surface area (Å²) in [6.45, 7) is 2.64. The zero-order valence-electron chi connectivity index (χ0n) is 9.13. The summed E-state index contributed by atoms with van der Waals surface area (Å²) in [7, 11) is 1.44. The molecule has 0 heterocycles. The highest BCUT2D eigenvalue weighted by Crippen LogP contribution is 2.14. The van der Waals surface area contributed by atoms with Crippen molar-refractivity contribution in [1.82, 2.24) is 5.32 Å². The third-order valence-corrected chi connectivity index (χ3v) is 5.21. The van der Waals surface area contributed by atoms with Gasteiger partial charge in [-0.25, -0.2) is 4.79 Å². The van der Waals surface area contributed by atoms with Gasteiger partial charge >= 0.3 is 14.6 Å². The summed E-state index contributed by atoms with van der Waals surface area (Å²) >= 11 is 0. The van der Waals surface area contributed by atoms with Gasteiger partial charge in [0.05, 0.1) is 0 Å². The number of carbonyl (C=O) groups is 1. The molecule has 0 spiro atoms. The first-order valence-electron chi connectivity index (χ1n) is 4.67. The molecule has 0 fully saturated rings. The van der Waals surface area contributed by atoms with E-state index in [-0.39, 0.29) is 0 Å². The minimum atomic E-state index is -1.92. The molecule has 0 aliphatic heterocycles. The summed E-state index contributed by atoms with van der Waals surface area (Å²) in [5.74, 6) is 0. The highest BCUT2D eigenvalue weighted by molar-refractivity contribution is 6.65. The summed E-state index contributed by atoms with van der Waals surface area (Å²) in [5, 5.41) is 2.54. The molecular formula is C8H20N2O3Si. The highest BCUT2D eigenvalue weighted by atomic mass is 28.4. The van der Waals surface area contributed by atoms with Gasteiger partial charge in [-0.15, -0.1) is 0 Å². The van der Waals surface area contributed by atoms with E-state index >= 15 is 0 Å². The van der Waals surface area contributed by atoms with E-state index < -0.39 is 14.6 Å². The van der Waals surface area contributed by atoms with E-state index in [0.29, 0.717) is 6.54 Å². The Morgan fingerprint density at radius 1 is 1.36 bits per heavy atom. The Hall–Kier alpha value is -0.593. The van der Waals surface area contributed by atoms with Crippen molar-refractivity contribution in [1.29, 1.82) is 0 Å². The molecule has 0 atom stereocenters. The third kappa shape index (κ3) is 5.95. The standard InChI is InChI=1S/C8H20N2O3Si/c1-12-14(3,13-2)7-5-4-6-10-8(9)11/h4-7H2,1-3H3,(H3,9,10,11). The van der Waals surface area contributed by atoms with Crippen molar-refractivity contribution in [2.24, 2.45) is 5.73 Å². The molecule has 0 saturated carbocycles. The van der Waals surface area contributed by atoms with Crippen LogP contribution < -0.4 is 11.1 Å². The number of hydrogen-bond donors (Lipinski definition) is 2. The lowest BCUT2D eigenvalue weighted by molar-refractivity contribution is 0.246. The van der Waals surface area contributed by atoms with Crippen LogP contribution in [-0.2, 0) is 8.85 Å². The highest BCUT2D eigenvalue weighted by Gasteiger charge is 2.27. The van der Waals surface area contributed by atoms with Gasteiger partial charge in [-0.05, 0) is 25.4 Å². The van der Waals surface area contributed by atoms with Crippen molar-refractivity contribution >= 4 is 14.6 Å². The Kier molecular flexibility index (Phi) is 6.51. The molecule has 5 nitrogen and oxygen atoms in total. The maximum Gasteiger partial charge on any atom is 0.334 e. The predicted molar refractivity (Wildman–Crippen MR) is 57.3 cm³/mol. The van der Waals surface area contributed by atoms with E-state index in [1.54, 1.807) is 14.2 Å². The normalized spacial score (nSPS) is 11.4. The zero-order valence-corrected chi connectivity index (χ0v) is 10.1. The number of nitrogens with one attached hydrogen (secondary N) is 1. The molecule has 14 heavy (non-hydrogen) atoms. The van der Waals surface area contributed by atoms with Crippen LogP contribution in [0.3, 0.4) is 0 Å². The van der Waals surface area contributed by atoms with Crippen molar-refractivity contribution in [3.63, 3.8) is 0 Å². The number of rotatable bonds is 7. The monoisotopic (exact) mass is 220 g/mol. The van der Waals surface area contributed by atoms with Gasteiger partial charge in [0.25, 0.3) is 0 Å². The summed E-state index contributed by atoms with van der Waals surface area (Å²) in [6.07, 6.45) is 1.88. The van der Waals surface area contributed by atoms with E-state index in [0.717, 1.165) is 18.9 Å². The molecule has 84 valence electrons. The number of nitrogens with two attached hydrogens (primary N) is 1. The van der Waals surface area contributed by atoms with Crippen LogP contribution in [0.25, 0.3) is 0 Å². The molecular weight excluding hydrogens is 200 g/mol. The van der Waals surface area contributed by atoms with Gasteiger partial charge in [0.15, 0.2) is 0 Å². The van der Waals surface area contributed by atoms with Crippen LogP contribution in [0.2, 0.25) is 12.6 Å². The fourth-order valence-electron chi connectivity index (χ4n) is 1.07. The molecule has 0 aliphatic carbocycles. The first-order valence-corrected chi connectivity index (χ1v) is 7.20. The molecule has 0 aromatic rings. The lowest BCUT2D eigenvalue weighted by atomic mass is 10.3. The number of primary amides is 1. The summed E-state index contributed by atoms with van der Waals surface area (Å²) in [4.78, 5) is 10.3. The van der Waals surface area contributed by atoms with E-state index in [9.17, 15) is 4.79 Å². The number of hydrogen-bond acceptors (Lipinski definition) is 3. The van der Waals surface area contributed by atoms with Gasteiger partial charge in [0, 0.05) is 20.8 Å². The maximum absolute atomic E-state index is 10.3. The number of unbranched alkanes of at least 4 members (excludes halogenated alkanes) is 1. The second-order valence-corrected chi connectivity index (χ2v) is 6.87. The van der Waals surface area contributed by atoms with Crippen LogP contribution in [0.4, 0.5) is 4.79 Å². The van der Waals surface area contributed by atoms with Crippen molar-refractivity contribution in [2.45, 2.75) is 25.4 Å². The smallest absolute Gasteiger partial charge is 0.334 e. The lowest BCUT2D eigenvalue weighted by Gasteiger charge is -2.22. The van der Waals surface area contributed by atoms with Crippen molar-refractivity contribution < 1.29 is 13.6 Å². The van der Waals surface area contributed by atoms with Crippen molar-refractivity contribution in [3.8, 4) is 0 Å². The molecule has 3 N–H and O–H groups in total. The fourth-order valence-corrected chi connectivity index (χ4v) is 2.54. The topological polar surface area (TPSA) is 73.6 Å². The molecule has 0 aromatic carbocycles. The van der Waals surface area contributed by atoms with Gasteiger partial charge in [-0.3, -0.25) is 0 Å². The third-order valence-electron chi connectivity index (χ3n) is 2.22. The summed E-state index contributed by atoms with van der Waals surface area (Å²) in [5.41, 5.74) is 4.92. The van der Waals surface area contributed by atoms with Gasteiger partial charge in [0.1, 0.15) is 0 Å². The second kappa shape index (κ2) is 6.80. The first kappa shape index (κ1) is 13.4. The van der Waals surface area contributed by atoms with Crippen molar-refractivity contribution in [3.05, 3.63) is 0 Å². The van der Waals surface area contributed by atoms with Crippen LogP contribution in [0.15, 0.2) is 0 Å². The van der Waals surface area contributed by atoms with E-state index in [1.807, 2.05) is 6.55 Å². The van der Waals surface area contributed by atoms with Crippen LogP contribution in [0.5, 0.6) is 0 Å². The van der Waals surface area contributed by atoms with Gasteiger partial charge < -0.3 is 19.9 Å². The average Bonchev–Trinajstić information content (AvgIpc) is 2.16. The Morgan fingerprint density at radius 3 is 2.36 bits per heavy atom. The lowest BCUT2D eigenvalue weighted by Crippen LogP contribution is -2.36. The van der Waals surface area contributed by atoms with Crippen LogP contribution >= 0.6 is 0 Å². The molecule has 0 saturated heterocycles. The van der Waals surface area contributed by atoms with E-state index in [1.165, 1.54) is 0 Å². The quantitative estimate of drug-likeness (QED) is 0.492. The molecule has 6 heteroatoms. The molecule has 0 aromatic heterocycles. The minimum Gasteiger partial charge on any atom is -0.398 e. The fraction of sp³-hybridized carbons (Fsp3) is 0.875. The molecule has 0 rings (SSSR count). The Morgan fingerprint density at radius 2 is 1.93 bits per heavy atom. The van der Waals surface area contributed by atoms with Gasteiger partial charge in [-0.1, -0.05) is 0 Å². The molecule has 0 bridgehead atoms. The first-order chi connectivity index (χ1) is 6.54. The largest absolute Gasteiger partial charge is 0.398 e. The maximum atomic E-state index is 10.3.